The number of thioether (sulfide) groups is 1. The molecule has 1 aromatic rings. The van der Waals surface area contributed by atoms with Crippen LogP contribution in [0.15, 0.2) is 29.2 Å². The summed E-state index contributed by atoms with van der Waals surface area (Å²) in [5.74, 6) is -0.0249. The third kappa shape index (κ3) is 3.75. The molecule has 0 bridgehead atoms. The molecule has 1 aromatic carbocycles. The highest BCUT2D eigenvalue weighted by Gasteiger charge is 2.16. The number of carbonyl (C=O) groups is 1. The normalized spacial score (nSPS) is 14.1. The summed E-state index contributed by atoms with van der Waals surface area (Å²) in [4.78, 5) is 13.0. The number of rotatable bonds is 5. The van der Waals surface area contributed by atoms with E-state index in [1.165, 1.54) is 0 Å². The summed E-state index contributed by atoms with van der Waals surface area (Å²) >= 11 is 1.55. The first kappa shape index (κ1) is 14.1. The van der Waals surface area contributed by atoms with Crippen LogP contribution in [0.1, 0.15) is 24.2 Å². The maximum atomic E-state index is 12.0. The molecule has 0 heterocycles. The number of nitrogens with one attached hydrogen (secondary N) is 1. The van der Waals surface area contributed by atoms with E-state index < -0.39 is 0 Å². The molecule has 3 nitrogen and oxygen atoms in total. The summed E-state index contributed by atoms with van der Waals surface area (Å²) < 4.78 is 0. The van der Waals surface area contributed by atoms with Crippen molar-refractivity contribution in [1.29, 1.82) is 0 Å². The van der Waals surface area contributed by atoms with Crippen molar-refractivity contribution < 1.29 is 9.90 Å². The highest BCUT2D eigenvalue weighted by atomic mass is 32.2. The van der Waals surface area contributed by atoms with Gasteiger partial charge >= 0.3 is 0 Å². The van der Waals surface area contributed by atoms with Crippen LogP contribution in [0.2, 0.25) is 0 Å². The van der Waals surface area contributed by atoms with Crippen molar-refractivity contribution in [3.05, 3.63) is 29.8 Å². The van der Waals surface area contributed by atoms with Gasteiger partial charge in [-0.1, -0.05) is 19.1 Å². The molecular formula is C13H19NO2S. The zero-order chi connectivity index (χ0) is 12.8. The Kier molecular flexibility index (Phi) is 5.51. The summed E-state index contributed by atoms with van der Waals surface area (Å²) in [5, 5.41) is 11.9. The Morgan fingerprint density at radius 2 is 2.06 bits per heavy atom. The van der Waals surface area contributed by atoms with Gasteiger partial charge in [0.05, 0.1) is 5.56 Å². The van der Waals surface area contributed by atoms with E-state index in [1.807, 2.05) is 44.4 Å². The van der Waals surface area contributed by atoms with Gasteiger partial charge in [0.1, 0.15) is 0 Å². The Morgan fingerprint density at radius 3 is 2.65 bits per heavy atom. The minimum Gasteiger partial charge on any atom is -0.396 e. The lowest BCUT2D eigenvalue weighted by molar-refractivity contribution is 0.0913. The molecule has 0 saturated heterocycles. The van der Waals surface area contributed by atoms with E-state index in [9.17, 15) is 4.79 Å². The van der Waals surface area contributed by atoms with Gasteiger partial charge in [-0.25, -0.2) is 0 Å². The number of benzene rings is 1. The Hall–Kier alpha value is -1.00. The van der Waals surface area contributed by atoms with Crippen molar-refractivity contribution in [1.82, 2.24) is 5.32 Å². The number of hydrogen-bond acceptors (Lipinski definition) is 3. The van der Waals surface area contributed by atoms with Crippen molar-refractivity contribution in [3.63, 3.8) is 0 Å². The fourth-order valence-corrected chi connectivity index (χ4v) is 2.01. The SMILES string of the molecule is CSc1ccccc1C(=O)NC(C)C(C)CO. The van der Waals surface area contributed by atoms with Gasteiger partial charge in [0, 0.05) is 17.5 Å². The molecule has 0 aliphatic heterocycles. The molecule has 0 radical (unpaired) electrons. The van der Waals surface area contributed by atoms with E-state index in [0.29, 0.717) is 5.56 Å². The second kappa shape index (κ2) is 6.67. The number of carbonyl (C=O) groups excluding carboxylic acids is 1. The predicted molar refractivity (Wildman–Crippen MR) is 71.4 cm³/mol. The molecule has 17 heavy (non-hydrogen) atoms. The largest absolute Gasteiger partial charge is 0.396 e. The van der Waals surface area contributed by atoms with E-state index in [0.717, 1.165) is 4.90 Å². The Morgan fingerprint density at radius 1 is 1.41 bits per heavy atom. The molecule has 0 fully saturated rings. The molecule has 2 N–H and O–H groups in total. The first-order chi connectivity index (χ1) is 8.10. The number of amides is 1. The monoisotopic (exact) mass is 253 g/mol. The fraction of sp³-hybridized carbons (Fsp3) is 0.462. The summed E-state index contributed by atoms with van der Waals surface area (Å²) in [6, 6.07) is 7.48. The summed E-state index contributed by atoms with van der Waals surface area (Å²) in [6.45, 7) is 3.89. The second-order valence-electron chi connectivity index (χ2n) is 4.12. The standard InChI is InChI=1S/C13H19NO2S/c1-9(8-15)10(2)14-13(16)11-6-4-5-7-12(11)17-3/h4-7,9-10,15H,8H2,1-3H3,(H,14,16). The fourth-order valence-electron chi connectivity index (χ4n) is 1.42. The van der Waals surface area contributed by atoms with Gasteiger partial charge in [-0.2, -0.15) is 0 Å². The zero-order valence-corrected chi connectivity index (χ0v) is 11.3. The number of aliphatic hydroxyl groups excluding tert-OH is 1. The maximum absolute atomic E-state index is 12.0. The predicted octanol–water partition coefficient (Wildman–Crippen LogP) is 2.16. The molecule has 4 heteroatoms. The lowest BCUT2D eigenvalue weighted by atomic mass is 10.0. The molecule has 2 unspecified atom stereocenters. The van der Waals surface area contributed by atoms with Crippen molar-refractivity contribution in [3.8, 4) is 0 Å². The summed E-state index contributed by atoms with van der Waals surface area (Å²) in [7, 11) is 0. The van der Waals surface area contributed by atoms with Crippen LogP contribution in [0.5, 0.6) is 0 Å². The van der Waals surface area contributed by atoms with E-state index >= 15 is 0 Å². The van der Waals surface area contributed by atoms with E-state index in [4.69, 9.17) is 5.11 Å². The summed E-state index contributed by atoms with van der Waals surface area (Å²) in [6.07, 6.45) is 1.95. The van der Waals surface area contributed by atoms with Crippen LogP contribution in [0.3, 0.4) is 0 Å². The maximum Gasteiger partial charge on any atom is 0.252 e. The first-order valence-corrected chi connectivity index (χ1v) is 6.87. The van der Waals surface area contributed by atoms with Gasteiger partial charge in [0.2, 0.25) is 0 Å². The quantitative estimate of drug-likeness (QED) is 0.791. The Labute approximate surface area is 107 Å². The third-order valence-corrected chi connectivity index (χ3v) is 3.65. The second-order valence-corrected chi connectivity index (χ2v) is 4.97. The van der Waals surface area contributed by atoms with Crippen LogP contribution < -0.4 is 5.32 Å². The lowest BCUT2D eigenvalue weighted by Gasteiger charge is -2.19. The van der Waals surface area contributed by atoms with Gasteiger partial charge in [0.25, 0.3) is 5.91 Å². The summed E-state index contributed by atoms with van der Waals surface area (Å²) in [5.41, 5.74) is 0.692. The van der Waals surface area contributed by atoms with Crippen molar-refractivity contribution in [2.24, 2.45) is 5.92 Å². The number of hydrogen-bond donors (Lipinski definition) is 2. The van der Waals surface area contributed by atoms with Gasteiger partial charge in [-0.05, 0) is 31.2 Å². The van der Waals surface area contributed by atoms with Crippen molar-refractivity contribution >= 4 is 17.7 Å². The molecular weight excluding hydrogens is 234 g/mol. The van der Waals surface area contributed by atoms with Crippen molar-refractivity contribution in [2.75, 3.05) is 12.9 Å². The van der Waals surface area contributed by atoms with Gasteiger partial charge in [-0.15, -0.1) is 11.8 Å². The van der Waals surface area contributed by atoms with Crippen LogP contribution in [0.25, 0.3) is 0 Å². The van der Waals surface area contributed by atoms with Crippen LogP contribution >= 0.6 is 11.8 Å². The Balaban J connectivity index is 2.76. The van der Waals surface area contributed by atoms with E-state index in [-0.39, 0.29) is 24.5 Å². The van der Waals surface area contributed by atoms with Gasteiger partial charge in [0.15, 0.2) is 0 Å². The molecule has 0 aliphatic carbocycles. The van der Waals surface area contributed by atoms with Gasteiger partial charge in [-0.3, -0.25) is 4.79 Å². The first-order valence-electron chi connectivity index (χ1n) is 5.65. The minimum absolute atomic E-state index is 0.0394. The van der Waals surface area contributed by atoms with Crippen LogP contribution in [-0.4, -0.2) is 29.9 Å². The van der Waals surface area contributed by atoms with Crippen LogP contribution in [0.4, 0.5) is 0 Å². The Bertz CT molecular complexity index is 381. The minimum atomic E-state index is -0.0808. The van der Waals surface area contributed by atoms with Crippen LogP contribution in [0, 0.1) is 5.92 Å². The lowest BCUT2D eigenvalue weighted by Crippen LogP contribution is -2.38. The zero-order valence-electron chi connectivity index (χ0n) is 10.4. The van der Waals surface area contributed by atoms with E-state index in [2.05, 4.69) is 5.32 Å². The van der Waals surface area contributed by atoms with E-state index in [1.54, 1.807) is 11.8 Å². The molecule has 0 aromatic heterocycles. The molecule has 0 aliphatic rings. The highest BCUT2D eigenvalue weighted by molar-refractivity contribution is 7.98. The molecule has 94 valence electrons. The molecule has 1 rings (SSSR count). The molecule has 2 atom stereocenters. The van der Waals surface area contributed by atoms with Crippen LogP contribution in [-0.2, 0) is 0 Å². The average molecular weight is 253 g/mol. The highest BCUT2D eigenvalue weighted by Crippen LogP contribution is 2.19. The molecule has 1 amide bonds. The van der Waals surface area contributed by atoms with Gasteiger partial charge < -0.3 is 10.4 Å². The van der Waals surface area contributed by atoms with Crippen molar-refractivity contribution in [2.45, 2.75) is 24.8 Å². The smallest absolute Gasteiger partial charge is 0.252 e. The topological polar surface area (TPSA) is 49.3 Å². The molecule has 0 spiro atoms. The average Bonchev–Trinajstić information content (AvgIpc) is 2.37. The molecule has 0 saturated carbocycles. The number of aliphatic hydroxyl groups is 1. The third-order valence-electron chi connectivity index (χ3n) is 2.85.